The van der Waals surface area contributed by atoms with Crippen LogP contribution in [0.5, 0.6) is 0 Å². The van der Waals surface area contributed by atoms with E-state index in [4.69, 9.17) is 11.6 Å². The number of aliphatic hydroxyl groups is 1. The Morgan fingerprint density at radius 3 is 2.76 bits per heavy atom. The number of carbonyl (C=O) groups excluding carboxylic acids is 2. The highest BCUT2D eigenvalue weighted by Gasteiger charge is 2.46. The van der Waals surface area contributed by atoms with E-state index in [-0.39, 0.29) is 24.2 Å². The fourth-order valence-electron chi connectivity index (χ4n) is 2.13. The summed E-state index contributed by atoms with van der Waals surface area (Å²) in [5.74, 6) is -1.52. The summed E-state index contributed by atoms with van der Waals surface area (Å²) >= 11 is 5.47. The van der Waals surface area contributed by atoms with Crippen LogP contribution in [0.25, 0.3) is 0 Å². The van der Waals surface area contributed by atoms with Crippen molar-refractivity contribution in [2.75, 3.05) is 19.5 Å². The minimum atomic E-state index is -0.778. The molecular weight excluding hydrogens is 246 g/mol. The number of alkyl halides is 1. The molecule has 3 atom stereocenters. The van der Waals surface area contributed by atoms with Gasteiger partial charge in [0.15, 0.2) is 0 Å². The monoisotopic (exact) mass is 261 g/mol. The number of hydrogen-bond acceptors (Lipinski definition) is 4. The van der Waals surface area contributed by atoms with E-state index in [9.17, 15) is 14.7 Å². The number of nitrogens with zero attached hydrogens (tertiary/aromatic N) is 1. The second-order valence-electron chi connectivity index (χ2n) is 3.90. The van der Waals surface area contributed by atoms with Gasteiger partial charge in [0.1, 0.15) is 11.9 Å². The van der Waals surface area contributed by atoms with E-state index < -0.39 is 18.1 Å². The molecule has 0 aromatic carbocycles. The molecule has 0 aliphatic carbocycles. The zero-order valence-electron chi connectivity index (χ0n) is 9.63. The molecule has 1 saturated heterocycles. The van der Waals surface area contributed by atoms with E-state index in [1.807, 2.05) is 0 Å². The minimum absolute atomic E-state index is 0.101. The second kappa shape index (κ2) is 6.02. The zero-order valence-corrected chi connectivity index (χ0v) is 10.4. The molecule has 96 valence electrons. The van der Waals surface area contributed by atoms with E-state index in [2.05, 4.69) is 11.3 Å². The molecule has 0 saturated carbocycles. The number of methoxy groups -OCH3 is 1. The van der Waals surface area contributed by atoms with Crippen molar-refractivity contribution in [3.05, 3.63) is 12.7 Å². The zero-order chi connectivity index (χ0) is 13.0. The van der Waals surface area contributed by atoms with E-state index in [0.717, 1.165) is 0 Å². The number of aliphatic hydroxyl groups excluding tert-OH is 1. The Morgan fingerprint density at radius 1 is 1.65 bits per heavy atom. The molecule has 1 heterocycles. The molecular formula is C11H16ClNO4. The van der Waals surface area contributed by atoms with Gasteiger partial charge in [0, 0.05) is 12.5 Å². The quantitative estimate of drug-likeness (QED) is 0.445. The summed E-state index contributed by atoms with van der Waals surface area (Å²) in [5.41, 5.74) is 0. The van der Waals surface area contributed by atoms with Gasteiger partial charge in [0.2, 0.25) is 5.91 Å². The Hall–Kier alpha value is -1.07. The summed E-state index contributed by atoms with van der Waals surface area (Å²) < 4.78 is 4.66. The molecule has 2 unspecified atom stereocenters. The summed E-state index contributed by atoms with van der Waals surface area (Å²) in [5, 5.41) is 9.86. The minimum Gasteiger partial charge on any atom is -0.467 e. The number of β-amino-alcohol motifs (C(OH)–C–C–N with tert-alkyl or cyclic N) is 1. The maximum atomic E-state index is 11.7. The third kappa shape index (κ3) is 2.79. The maximum absolute atomic E-state index is 11.7. The molecule has 0 aromatic rings. The Kier molecular flexibility index (Phi) is 4.96. The Bertz CT molecular complexity index is 321. The van der Waals surface area contributed by atoms with Gasteiger partial charge in [-0.1, -0.05) is 6.08 Å². The van der Waals surface area contributed by atoms with Crippen molar-refractivity contribution in [2.24, 2.45) is 5.92 Å². The normalized spacial score (nSPS) is 27.9. The largest absolute Gasteiger partial charge is 0.467 e. The lowest BCUT2D eigenvalue weighted by Crippen LogP contribution is -2.44. The molecule has 0 aromatic heterocycles. The van der Waals surface area contributed by atoms with Gasteiger partial charge in [-0.05, 0) is 6.42 Å². The van der Waals surface area contributed by atoms with E-state index >= 15 is 0 Å². The van der Waals surface area contributed by atoms with Gasteiger partial charge in [-0.15, -0.1) is 18.2 Å². The van der Waals surface area contributed by atoms with Gasteiger partial charge in [-0.25, -0.2) is 4.79 Å². The molecule has 1 fully saturated rings. The molecule has 1 rings (SSSR count). The van der Waals surface area contributed by atoms with Crippen LogP contribution in [0.15, 0.2) is 12.7 Å². The Morgan fingerprint density at radius 2 is 2.29 bits per heavy atom. The standard InChI is InChI=1S/C11H16ClNO4/c1-3-4-7-8(14)6-13(9(15)5-12)10(7)11(16)17-2/h3,7-8,10,14H,1,4-6H2,2H3/t7?,8?,10-/m1/s1. The average molecular weight is 262 g/mol. The smallest absolute Gasteiger partial charge is 0.328 e. The molecule has 0 spiro atoms. The predicted molar refractivity (Wildman–Crippen MR) is 62.5 cm³/mol. The molecule has 6 heteroatoms. The number of likely N-dealkylation sites (tertiary alicyclic amines) is 1. The van der Waals surface area contributed by atoms with Crippen molar-refractivity contribution in [3.63, 3.8) is 0 Å². The lowest BCUT2D eigenvalue weighted by Gasteiger charge is -2.24. The number of amides is 1. The number of carbonyl (C=O) groups is 2. The van der Waals surface area contributed by atoms with Crippen molar-refractivity contribution < 1.29 is 19.4 Å². The topological polar surface area (TPSA) is 66.8 Å². The summed E-state index contributed by atoms with van der Waals surface area (Å²) in [6, 6.07) is -0.778. The van der Waals surface area contributed by atoms with Crippen molar-refractivity contribution in [3.8, 4) is 0 Å². The van der Waals surface area contributed by atoms with Crippen molar-refractivity contribution in [1.29, 1.82) is 0 Å². The van der Waals surface area contributed by atoms with Gasteiger partial charge in [0.05, 0.1) is 13.2 Å². The summed E-state index contributed by atoms with van der Waals surface area (Å²) in [6.45, 7) is 3.68. The summed E-state index contributed by atoms with van der Waals surface area (Å²) in [4.78, 5) is 24.5. The fourth-order valence-corrected chi connectivity index (χ4v) is 2.28. The van der Waals surface area contributed by atoms with Crippen LogP contribution in [0.4, 0.5) is 0 Å². The summed E-state index contributed by atoms with van der Waals surface area (Å²) in [6.07, 6.45) is 1.29. The van der Waals surface area contributed by atoms with Crippen molar-refractivity contribution in [2.45, 2.75) is 18.6 Å². The molecule has 1 aliphatic rings. The lowest BCUT2D eigenvalue weighted by molar-refractivity contribution is -0.151. The van der Waals surface area contributed by atoms with Crippen LogP contribution in [0, 0.1) is 5.92 Å². The number of rotatable bonds is 4. The van der Waals surface area contributed by atoms with Crippen LogP contribution >= 0.6 is 11.6 Å². The van der Waals surface area contributed by atoms with Crippen molar-refractivity contribution >= 4 is 23.5 Å². The molecule has 0 bridgehead atoms. The van der Waals surface area contributed by atoms with E-state index in [1.165, 1.54) is 12.0 Å². The van der Waals surface area contributed by atoms with E-state index in [0.29, 0.717) is 6.42 Å². The first-order valence-corrected chi connectivity index (χ1v) is 5.82. The molecule has 1 aliphatic heterocycles. The van der Waals surface area contributed by atoms with Gasteiger partial charge < -0.3 is 14.7 Å². The van der Waals surface area contributed by atoms with Gasteiger partial charge in [-0.2, -0.15) is 0 Å². The van der Waals surface area contributed by atoms with Crippen LogP contribution in [0.1, 0.15) is 6.42 Å². The van der Waals surface area contributed by atoms with Crippen LogP contribution in [0.3, 0.4) is 0 Å². The predicted octanol–water partition coefficient (Wildman–Crippen LogP) is 0.162. The van der Waals surface area contributed by atoms with Crippen molar-refractivity contribution in [1.82, 2.24) is 4.90 Å². The number of hydrogen-bond donors (Lipinski definition) is 1. The van der Waals surface area contributed by atoms with Gasteiger partial charge in [-0.3, -0.25) is 4.79 Å². The number of allylic oxidation sites excluding steroid dienone is 1. The van der Waals surface area contributed by atoms with Gasteiger partial charge in [0.25, 0.3) is 0 Å². The molecule has 1 amide bonds. The van der Waals surface area contributed by atoms with Crippen LogP contribution in [-0.2, 0) is 14.3 Å². The first kappa shape index (κ1) is 14.0. The van der Waals surface area contributed by atoms with Crippen LogP contribution in [-0.4, -0.2) is 53.6 Å². The molecule has 1 N–H and O–H groups in total. The summed E-state index contributed by atoms with van der Waals surface area (Å²) in [7, 11) is 1.25. The lowest BCUT2D eigenvalue weighted by atomic mass is 9.94. The van der Waals surface area contributed by atoms with Gasteiger partial charge >= 0.3 is 5.97 Å². The molecule has 17 heavy (non-hydrogen) atoms. The highest BCUT2D eigenvalue weighted by molar-refractivity contribution is 6.27. The third-order valence-corrected chi connectivity index (χ3v) is 3.16. The SMILES string of the molecule is C=CCC1C(O)CN(C(=O)CCl)[C@H]1C(=O)OC. The third-order valence-electron chi connectivity index (χ3n) is 2.94. The first-order chi connectivity index (χ1) is 8.06. The number of halogens is 1. The fraction of sp³-hybridized carbons (Fsp3) is 0.636. The average Bonchev–Trinajstić information content (AvgIpc) is 2.65. The van der Waals surface area contributed by atoms with Crippen LogP contribution in [0.2, 0.25) is 0 Å². The Labute approximate surface area is 105 Å². The molecule has 0 radical (unpaired) electrons. The molecule has 5 nitrogen and oxygen atoms in total. The highest BCUT2D eigenvalue weighted by Crippen LogP contribution is 2.29. The first-order valence-electron chi connectivity index (χ1n) is 5.29. The second-order valence-corrected chi connectivity index (χ2v) is 4.17. The maximum Gasteiger partial charge on any atom is 0.328 e. The van der Waals surface area contributed by atoms with E-state index in [1.54, 1.807) is 6.08 Å². The Balaban J connectivity index is 2.95. The van der Waals surface area contributed by atoms with Crippen LogP contribution < -0.4 is 0 Å². The highest BCUT2D eigenvalue weighted by atomic mass is 35.5. The number of esters is 1. The number of ether oxygens (including phenoxy) is 1.